The van der Waals surface area contributed by atoms with Gasteiger partial charge in [0, 0.05) is 24.3 Å². The van der Waals surface area contributed by atoms with Crippen LogP contribution in [0.1, 0.15) is 24.5 Å². The standard InChI is InChI=1S/C30H30FN5O/c1-3-13-35(2)18-22-8-4-5-10-24(22)21-11-12-25(26(31)15-21)28-30(37)29-27(17-33-28)34-19-36(29)23-9-6-7-20(14-23)16-32/h4-12,14-15,17,19,37H,3,13,16,18,32H2,1-2H3. The molecule has 0 bridgehead atoms. The Kier molecular flexibility index (Phi) is 6.99. The molecule has 2 aromatic heterocycles. The molecule has 0 amide bonds. The van der Waals surface area contributed by atoms with Gasteiger partial charge in [0.2, 0.25) is 0 Å². The molecular weight excluding hydrogens is 465 g/mol. The van der Waals surface area contributed by atoms with Crippen molar-refractivity contribution in [2.45, 2.75) is 26.4 Å². The second-order valence-electron chi connectivity index (χ2n) is 9.27. The van der Waals surface area contributed by atoms with Crippen LogP contribution in [0.4, 0.5) is 4.39 Å². The number of aromatic nitrogens is 3. The molecule has 0 saturated carbocycles. The van der Waals surface area contributed by atoms with Gasteiger partial charge in [-0.2, -0.15) is 0 Å². The maximum Gasteiger partial charge on any atom is 0.168 e. The third-order valence-corrected chi connectivity index (χ3v) is 6.58. The predicted molar refractivity (Wildman–Crippen MR) is 146 cm³/mol. The van der Waals surface area contributed by atoms with Crippen molar-refractivity contribution in [1.29, 1.82) is 0 Å². The number of halogens is 1. The summed E-state index contributed by atoms with van der Waals surface area (Å²) in [6, 6.07) is 20.8. The summed E-state index contributed by atoms with van der Waals surface area (Å²) >= 11 is 0. The number of benzene rings is 3. The molecule has 3 aromatic carbocycles. The predicted octanol–water partition coefficient (Wildman–Crippen LogP) is 5.90. The van der Waals surface area contributed by atoms with Crippen LogP contribution in [-0.4, -0.2) is 38.1 Å². The number of nitrogens with zero attached hydrogens (tertiary/aromatic N) is 4. The van der Waals surface area contributed by atoms with Gasteiger partial charge < -0.3 is 15.7 Å². The fourth-order valence-electron chi connectivity index (χ4n) is 4.78. The van der Waals surface area contributed by atoms with Crippen LogP contribution < -0.4 is 5.73 Å². The van der Waals surface area contributed by atoms with E-state index in [1.165, 1.54) is 6.07 Å². The zero-order valence-corrected chi connectivity index (χ0v) is 21.0. The number of aromatic hydroxyl groups is 1. The summed E-state index contributed by atoms with van der Waals surface area (Å²) in [4.78, 5) is 11.0. The van der Waals surface area contributed by atoms with Crippen molar-refractivity contribution >= 4 is 11.0 Å². The van der Waals surface area contributed by atoms with Gasteiger partial charge in [-0.3, -0.25) is 4.57 Å². The van der Waals surface area contributed by atoms with Gasteiger partial charge in [0.15, 0.2) is 5.75 Å². The van der Waals surface area contributed by atoms with E-state index in [0.29, 0.717) is 17.6 Å². The Hall–Kier alpha value is -4.07. The molecule has 0 aliphatic carbocycles. The molecule has 5 aromatic rings. The summed E-state index contributed by atoms with van der Waals surface area (Å²) in [5, 5.41) is 11.2. The van der Waals surface area contributed by atoms with E-state index in [0.717, 1.165) is 47.5 Å². The highest BCUT2D eigenvalue weighted by molar-refractivity contribution is 5.89. The van der Waals surface area contributed by atoms with Gasteiger partial charge in [0.05, 0.1) is 6.20 Å². The quantitative estimate of drug-likeness (QED) is 0.280. The van der Waals surface area contributed by atoms with Gasteiger partial charge in [-0.05, 0) is 66.5 Å². The largest absolute Gasteiger partial charge is 0.504 e. The third kappa shape index (κ3) is 4.83. The lowest BCUT2D eigenvalue weighted by Crippen LogP contribution is -2.18. The first-order chi connectivity index (χ1) is 18.0. The molecule has 0 saturated heterocycles. The summed E-state index contributed by atoms with van der Waals surface area (Å²) in [6.45, 7) is 4.32. The SMILES string of the molecule is CCCN(C)Cc1ccccc1-c1ccc(-c2ncc3ncn(-c4cccc(CN)c4)c3c2O)c(F)c1. The molecule has 2 heterocycles. The number of imidazole rings is 1. The van der Waals surface area contributed by atoms with Crippen LogP contribution in [0, 0.1) is 5.82 Å². The summed E-state index contributed by atoms with van der Waals surface area (Å²) < 4.78 is 17.3. The Morgan fingerprint density at radius 3 is 2.62 bits per heavy atom. The highest BCUT2D eigenvalue weighted by atomic mass is 19.1. The van der Waals surface area contributed by atoms with Crippen molar-refractivity contribution in [2.75, 3.05) is 13.6 Å². The molecule has 0 unspecified atom stereocenters. The first-order valence-corrected chi connectivity index (χ1v) is 12.4. The molecule has 0 radical (unpaired) electrons. The summed E-state index contributed by atoms with van der Waals surface area (Å²) in [6.07, 6.45) is 4.25. The minimum atomic E-state index is -0.451. The van der Waals surface area contributed by atoms with Gasteiger partial charge in [-0.1, -0.05) is 49.4 Å². The topological polar surface area (TPSA) is 80.2 Å². The summed E-state index contributed by atoms with van der Waals surface area (Å²) in [5.74, 6) is -0.575. The molecule has 7 heteroatoms. The second kappa shape index (κ2) is 10.5. The molecule has 6 nitrogen and oxygen atoms in total. The van der Waals surface area contributed by atoms with Gasteiger partial charge in [-0.15, -0.1) is 0 Å². The van der Waals surface area contributed by atoms with Crippen molar-refractivity contribution in [1.82, 2.24) is 19.4 Å². The highest BCUT2D eigenvalue weighted by Crippen LogP contribution is 2.37. The number of rotatable bonds is 8. The van der Waals surface area contributed by atoms with Crippen molar-refractivity contribution < 1.29 is 9.50 Å². The molecule has 37 heavy (non-hydrogen) atoms. The van der Waals surface area contributed by atoms with E-state index in [9.17, 15) is 5.11 Å². The van der Waals surface area contributed by atoms with E-state index in [2.05, 4.69) is 34.9 Å². The molecule has 0 aliphatic heterocycles. The number of hydrogen-bond donors (Lipinski definition) is 2. The van der Waals surface area contributed by atoms with Gasteiger partial charge in [0.25, 0.3) is 0 Å². The van der Waals surface area contributed by atoms with E-state index in [1.54, 1.807) is 23.2 Å². The molecule has 3 N–H and O–H groups in total. The van der Waals surface area contributed by atoms with E-state index in [1.807, 2.05) is 48.5 Å². The average molecular weight is 496 g/mol. The Labute approximate surface area is 215 Å². The van der Waals surface area contributed by atoms with Crippen molar-refractivity contribution in [3.05, 3.63) is 96.2 Å². The number of nitrogens with two attached hydrogens (primary N) is 1. The average Bonchev–Trinajstić information content (AvgIpc) is 3.35. The number of hydrogen-bond acceptors (Lipinski definition) is 5. The zero-order chi connectivity index (χ0) is 25.9. The molecule has 5 rings (SSSR count). The van der Waals surface area contributed by atoms with E-state index in [4.69, 9.17) is 5.73 Å². The van der Waals surface area contributed by atoms with Gasteiger partial charge in [0.1, 0.15) is 28.9 Å². The fourth-order valence-corrected chi connectivity index (χ4v) is 4.78. The van der Waals surface area contributed by atoms with E-state index in [-0.39, 0.29) is 17.0 Å². The maximum atomic E-state index is 15.6. The third-order valence-electron chi connectivity index (χ3n) is 6.58. The number of pyridine rings is 1. The minimum absolute atomic E-state index is 0.124. The molecule has 0 aliphatic rings. The first-order valence-electron chi connectivity index (χ1n) is 12.4. The van der Waals surface area contributed by atoms with E-state index < -0.39 is 5.82 Å². The van der Waals surface area contributed by atoms with Crippen LogP contribution in [0.3, 0.4) is 0 Å². The highest BCUT2D eigenvalue weighted by Gasteiger charge is 2.19. The Morgan fingerprint density at radius 2 is 1.84 bits per heavy atom. The van der Waals surface area contributed by atoms with Crippen molar-refractivity contribution in [2.24, 2.45) is 5.73 Å². The second-order valence-corrected chi connectivity index (χ2v) is 9.27. The minimum Gasteiger partial charge on any atom is -0.504 e. The van der Waals surface area contributed by atoms with Crippen LogP contribution in [0.15, 0.2) is 79.3 Å². The van der Waals surface area contributed by atoms with Crippen LogP contribution in [0.2, 0.25) is 0 Å². The van der Waals surface area contributed by atoms with Crippen LogP contribution >= 0.6 is 0 Å². The smallest absolute Gasteiger partial charge is 0.168 e. The van der Waals surface area contributed by atoms with Crippen LogP contribution in [0.5, 0.6) is 5.75 Å². The van der Waals surface area contributed by atoms with Gasteiger partial charge >= 0.3 is 0 Å². The molecule has 0 atom stereocenters. The lowest BCUT2D eigenvalue weighted by molar-refractivity contribution is 0.328. The number of fused-ring (bicyclic) bond motifs is 1. The van der Waals surface area contributed by atoms with Crippen LogP contribution in [-0.2, 0) is 13.1 Å². The summed E-state index contributed by atoms with van der Waals surface area (Å²) in [5.41, 5.74) is 11.8. The first kappa shape index (κ1) is 24.6. The fraction of sp³-hybridized carbons (Fsp3) is 0.200. The zero-order valence-electron chi connectivity index (χ0n) is 21.0. The molecular formula is C30H30FN5O. The van der Waals surface area contributed by atoms with Crippen molar-refractivity contribution in [3.63, 3.8) is 0 Å². The summed E-state index contributed by atoms with van der Waals surface area (Å²) in [7, 11) is 2.09. The lowest BCUT2D eigenvalue weighted by atomic mass is 9.97. The molecule has 0 fully saturated rings. The molecule has 188 valence electrons. The van der Waals surface area contributed by atoms with Crippen molar-refractivity contribution in [3.8, 4) is 33.8 Å². The van der Waals surface area contributed by atoms with Gasteiger partial charge in [-0.25, -0.2) is 14.4 Å². The van der Waals surface area contributed by atoms with E-state index >= 15 is 4.39 Å². The Balaban J connectivity index is 1.55. The molecule has 0 spiro atoms. The maximum absolute atomic E-state index is 15.6. The monoisotopic (exact) mass is 495 g/mol. The Bertz CT molecular complexity index is 1560. The lowest BCUT2D eigenvalue weighted by Gasteiger charge is -2.18. The Morgan fingerprint density at radius 1 is 1.00 bits per heavy atom. The van der Waals surface area contributed by atoms with Crippen LogP contribution in [0.25, 0.3) is 39.1 Å². The normalized spacial score (nSPS) is 11.5.